The molecule has 0 spiro atoms. The molecule has 3 heterocycles. The summed E-state index contributed by atoms with van der Waals surface area (Å²) in [5, 5.41) is 12.2. The number of pyridine rings is 1. The highest BCUT2D eigenvalue weighted by Crippen LogP contribution is 2.27. The Morgan fingerprint density at radius 1 is 1.25 bits per heavy atom. The Hall–Kier alpha value is -2.94. The Labute approximate surface area is 198 Å². The van der Waals surface area contributed by atoms with Crippen molar-refractivity contribution in [3.05, 3.63) is 91.8 Å². The van der Waals surface area contributed by atoms with Crippen molar-refractivity contribution in [2.24, 2.45) is 4.99 Å². The maximum absolute atomic E-state index is 13.7. The van der Waals surface area contributed by atoms with Gasteiger partial charge < -0.3 is 9.32 Å². The second kappa shape index (κ2) is 10.1. The lowest BCUT2D eigenvalue weighted by Crippen LogP contribution is -2.30. The number of aromatic nitrogens is 1. The summed E-state index contributed by atoms with van der Waals surface area (Å²) in [6.45, 7) is 1.38. The standard InChI is InChI=1S/C21H15Cl2FN4O3.ClH/c22-16-4-2-14(9-17(16)24)19-5-3-15(31-19)10-18(28(29)30)21-25-7-8-27(21)12-13-1-6-20(23)26-11-13;/h1-6,9-11H,7-8,12H2;1H/b18-10+;. The fraction of sp³-hybridized carbons (Fsp3) is 0.143. The third-order valence-corrected chi connectivity index (χ3v) is 5.16. The van der Waals surface area contributed by atoms with E-state index in [0.29, 0.717) is 36.1 Å². The van der Waals surface area contributed by atoms with Gasteiger partial charge in [0.15, 0.2) is 0 Å². The van der Waals surface area contributed by atoms with Crippen molar-refractivity contribution in [1.29, 1.82) is 0 Å². The molecule has 0 saturated heterocycles. The van der Waals surface area contributed by atoms with E-state index in [9.17, 15) is 14.5 Å². The Morgan fingerprint density at radius 2 is 2.06 bits per heavy atom. The number of nitrogens with zero attached hydrogens (tertiary/aromatic N) is 4. The molecule has 1 aliphatic heterocycles. The van der Waals surface area contributed by atoms with E-state index < -0.39 is 10.7 Å². The predicted molar refractivity (Wildman–Crippen MR) is 123 cm³/mol. The number of amidine groups is 1. The third kappa shape index (κ3) is 5.27. The molecule has 0 bridgehead atoms. The first kappa shape index (κ1) is 23.7. The molecule has 0 amide bonds. The Kier molecular flexibility index (Phi) is 7.50. The highest BCUT2D eigenvalue weighted by molar-refractivity contribution is 6.30. The Morgan fingerprint density at radius 3 is 2.75 bits per heavy atom. The maximum atomic E-state index is 13.7. The number of aliphatic imine (C=N–C) groups is 1. The van der Waals surface area contributed by atoms with Crippen LogP contribution >= 0.6 is 35.6 Å². The lowest BCUT2D eigenvalue weighted by molar-refractivity contribution is -0.414. The summed E-state index contributed by atoms with van der Waals surface area (Å²) >= 11 is 11.5. The number of hydrogen-bond donors (Lipinski definition) is 0. The van der Waals surface area contributed by atoms with Gasteiger partial charge in [-0.05, 0) is 42.0 Å². The predicted octanol–water partition coefficient (Wildman–Crippen LogP) is 5.74. The van der Waals surface area contributed by atoms with Crippen molar-refractivity contribution < 1.29 is 13.7 Å². The molecule has 0 fully saturated rings. The number of halogens is 4. The fourth-order valence-corrected chi connectivity index (χ4v) is 3.40. The third-order valence-electron chi connectivity index (χ3n) is 4.63. The molecule has 3 aromatic rings. The molecule has 4 rings (SSSR count). The molecule has 0 aliphatic carbocycles. The van der Waals surface area contributed by atoms with Crippen LogP contribution in [0.15, 0.2) is 63.8 Å². The number of furan rings is 1. The average molecular weight is 498 g/mol. The minimum absolute atomic E-state index is 0. The van der Waals surface area contributed by atoms with Gasteiger partial charge in [0.1, 0.15) is 22.5 Å². The molecule has 32 heavy (non-hydrogen) atoms. The van der Waals surface area contributed by atoms with Gasteiger partial charge in [-0.1, -0.05) is 29.3 Å². The second-order valence-corrected chi connectivity index (χ2v) is 7.53. The van der Waals surface area contributed by atoms with Gasteiger partial charge in [-0.3, -0.25) is 15.1 Å². The number of rotatable bonds is 6. The van der Waals surface area contributed by atoms with Crippen LogP contribution in [0.2, 0.25) is 10.2 Å². The van der Waals surface area contributed by atoms with Crippen LogP contribution in [-0.2, 0) is 6.54 Å². The van der Waals surface area contributed by atoms with Gasteiger partial charge in [0.25, 0.3) is 0 Å². The van der Waals surface area contributed by atoms with Crippen molar-refractivity contribution in [2.75, 3.05) is 13.1 Å². The summed E-state index contributed by atoms with van der Waals surface area (Å²) in [6.07, 6.45) is 2.94. The lowest BCUT2D eigenvalue weighted by Gasteiger charge is -2.18. The molecular weight excluding hydrogens is 482 g/mol. The van der Waals surface area contributed by atoms with Crippen molar-refractivity contribution in [2.45, 2.75) is 6.54 Å². The van der Waals surface area contributed by atoms with Gasteiger partial charge in [0.05, 0.1) is 22.6 Å². The van der Waals surface area contributed by atoms with Crippen molar-refractivity contribution >= 4 is 47.5 Å². The van der Waals surface area contributed by atoms with Crippen LogP contribution in [0.5, 0.6) is 0 Å². The molecule has 11 heteroatoms. The molecular formula is C21H16Cl3FN4O3. The van der Waals surface area contributed by atoms with Gasteiger partial charge in [-0.2, -0.15) is 0 Å². The molecule has 0 atom stereocenters. The highest BCUT2D eigenvalue weighted by atomic mass is 35.5. The van der Waals surface area contributed by atoms with Gasteiger partial charge in [0.2, 0.25) is 5.84 Å². The number of hydrogen-bond acceptors (Lipinski definition) is 6. The quantitative estimate of drug-likeness (QED) is 0.246. The Balaban J connectivity index is 0.00000289. The van der Waals surface area contributed by atoms with E-state index in [1.807, 2.05) is 6.07 Å². The van der Waals surface area contributed by atoms with E-state index in [4.69, 9.17) is 27.6 Å². The topological polar surface area (TPSA) is 84.8 Å². The van der Waals surface area contributed by atoms with Crippen LogP contribution in [0, 0.1) is 15.9 Å². The van der Waals surface area contributed by atoms with E-state index in [-0.39, 0.29) is 34.7 Å². The first-order valence-corrected chi connectivity index (χ1v) is 9.98. The van der Waals surface area contributed by atoms with Gasteiger partial charge in [0, 0.05) is 24.8 Å². The molecule has 0 N–H and O–H groups in total. The summed E-state index contributed by atoms with van der Waals surface area (Å²) in [5.74, 6) is 0.295. The van der Waals surface area contributed by atoms with Gasteiger partial charge in [-0.15, -0.1) is 12.4 Å². The van der Waals surface area contributed by atoms with Crippen molar-refractivity contribution in [3.8, 4) is 11.3 Å². The molecule has 166 valence electrons. The zero-order valence-corrected chi connectivity index (χ0v) is 18.7. The first-order valence-electron chi connectivity index (χ1n) is 9.22. The van der Waals surface area contributed by atoms with Crippen LogP contribution < -0.4 is 0 Å². The first-order chi connectivity index (χ1) is 14.9. The van der Waals surface area contributed by atoms with Crippen molar-refractivity contribution in [1.82, 2.24) is 9.88 Å². The summed E-state index contributed by atoms with van der Waals surface area (Å²) < 4.78 is 19.4. The zero-order chi connectivity index (χ0) is 22.0. The molecule has 0 radical (unpaired) electrons. The summed E-state index contributed by atoms with van der Waals surface area (Å²) in [7, 11) is 0. The summed E-state index contributed by atoms with van der Waals surface area (Å²) in [4.78, 5) is 21.4. The minimum atomic E-state index is -0.578. The van der Waals surface area contributed by atoms with Crippen LogP contribution in [0.25, 0.3) is 17.4 Å². The van der Waals surface area contributed by atoms with E-state index in [1.54, 1.807) is 35.4 Å². The zero-order valence-electron chi connectivity index (χ0n) is 16.4. The molecule has 1 aliphatic rings. The summed E-state index contributed by atoms with van der Waals surface area (Å²) in [6, 6.07) is 10.9. The average Bonchev–Trinajstić information content (AvgIpc) is 3.39. The van der Waals surface area contributed by atoms with E-state index in [2.05, 4.69) is 9.98 Å². The molecule has 0 saturated carbocycles. The van der Waals surface area contributed by atoms with Gasteiger partial charge >= 0.3 is 5.70 Å². The van der Waals surface area contributed by atoms with Crippen LogP contribution in [0.4, 0.5) is 4.39 Å². The SMILES string of the molecule is Cl.O=[N+]([O-])/C(=C/c1ccc(-c2ccc(Cl)c(F)c2)o1)C1=NCCN1Cc1ccc(Cl)nc1. The molecule has 7 nitrogen and oxygen atoms in total. The van der Waals surface area contributed by atoms with Crippen LogP contribution in [0.3, 0.4) is 0 Å². The van der Waals surface area contributed by atoms with Crippen molar-refractivity contribution in [3.63, 3.8) is 0 Å². The van der Waals surface area contributed by atoms with E-state index >= 15 is 0 Å². The smallest absolute Gasteiger partial charge is 0.314 e. The highest BCUT2D eigenvalue weighted by Gasteiger charge is 2.29. The maximum Gasteiger partial charge on any atom is 0.314 e. The summed E-state index contributed by atoms with van der Waals surface area (Å²) in [5.41, 5.74) is 1.13. The van der Waals surface area contributed by atoms with Crippen LogP contribution in [-0.4, -0.2) is 33.7 Å². The van der Waals surface area contributed by atoms with E-state index in [1.165, 1.54) is 18.2 Å². The Bertz CT molecular complexity index is 1200. The minimum Gasteiger partial charge on any atom is -0.456 e. The number of benzene rings is 1. The molecule has 0 unspecified atom stereocenters. The molecule has 1 aromatic carbocycles. The van der Waals surface area contributed by atoms with Crippen LogP contribution in [0.1, 0.15) is 11.3 Å². The normalized spacial score (nSPS) is 13.7. The largest absolute Gasteiger partial charge is 0.456 e. The molecule has 2 aromatic heterocycles. The van der Waals surface area contributed by atoms with E-state index in [0.717, 1.165) is 5.56 Å². The van der Waals surface area contributed by atoms with Gasteiger partial charge in [-0.25, -0.2) is 9.37 Å². The number of nitro groups is 1. The fourth-order valence-electron chi connectivity index (χ4n) is 3.17. The second-order valence-electron chi connectivity index (χ2n) is 6.73. The lowest BCUT2D eigenvalue weighted by atomic mass is 10.2. The monoisotopic (exact) mass is 496 g/mol.